The van der Waals surface area contributed by atoms with Crippen LogP contribution in [0.15, 0.2) is 12.2 Å². The lowest BCUT2D eigenvalue weighted by Gasteiger charge is -2.46. The standard InChI is InChI=1S/C81H157NO13/c1-3-5-7-9-11-13-15-17-19-21-23-25-27-29-31-32-33-34-35-36-37-38-39-41-43-45-47-49-51-53-55-57-59-61-63-65-73(86)82-69(68-92-80-78(91)76(89)79(72(67-84)94-80)95-81-77(90)75(88)74(87)71(66-83)93-81)70(85)64-62-60-58-56-54-52-50-48-46-44-42-40-30-28-26-24-22-20-18-16-14-12-10-8-6-4-2/h62,64,69-72,74-81,83-85,87-91H,3-61,63,65-68H2,1-2H3,(H,82,86)/b64-62+. The zero-order chi connectivity index (χ0) is 68.7. The van der Waals surface area contributed by atoms with E-state index in [0.717, 1.165) is 44.9 Å². The number of aliphatic hydroxyl groups is 8. The molecule has 0 aliphatic carbocycles. The number of amides is 1. The van der Waals surface area contributed by atoms with Gasteiger partial charge in [-0.3, -0.25) is 4.79 Å². The molecule has 0 bridgehead atoms. The summed E-state index contributed by atoms with van der Waals surface area (Å²) in [5.41, 5.74) is 0. The summed E-state index contributed by atoms with van der Waals surface area (Å²) in [5, 5.41) is 87.7. The fourth-order valence-corrected chi connectivity index (χ4v) is 14.2. The molecular weight excluding hydrogens is 1190 g/mol. The predicted molar refractivity (Wildman–Crippen MR) is 392 cm³/mol. The smallest absolute Gasteiger partial charge is 0.220 e. The second-order valence-electron chi connectivity index (χ2n) is 29.6. The van der Waals surface area contributed by atoms with Crippen molar-refractivity contribution in [2.24, 2.45) is 0 Å². The minimum absolute atomic E-state index is 0.228. The third-order valence-corrected chi connectivity index (χ3v) is 20.7. The molecule has 0 saturated carbocycles. The molecule has 14 heteroatoms. The first-order valence-electron chi connectivity index (χ1n) is 41.4. The normalized spacial score (nSPS) is 22.3. The number of nitrogens with one attached hydrogen (secondary N) is 1. The van der Waals surface area contributed by atoms with E-state index < -0.39 is 86.8 Å². The summed E-state index contributed by atoms with van der Waals surface area (Å²) in [6.07, 6.45) is 67.4. The third kappa shape index (κ3) is 49.1. The Morgan fingerprint density at radius 2 is 0.653 bits per heavy atom. The molecule has 2 fully saturated rings. The molecule has 2 aliphatic rings. The summed E-state index contributed by atoms with van der Waals surface area (Å²) in [6, 6.07) is -0.912. The molecule has 9 N–H and O–H groups in total. The summed E-state index contributed by atoms with van der Waals surface area (Å²) >= 11 is 0. The summed E-state index contributed by atoms with van der Waals surface area (Å²) in [6.45, 7) is 2.88. The molecule has 12 unspecified atom stereocenters. The summed E-state index contributed by atoms with van der Waals surface area (Å²) in [7, 11) is 0. The van der Waals surface area contributed by atoms with Gasteiger partial charge in [0.1, 0.15) is 48.8 Å². The predicted octanol–water partition coefficient (Wildman–Crippen LogP) is 18.9. The van der Waals surface area contributed by atoms with E-state index in [9.17, 15) is 45.6 Å². The lowest BCUT2D eigenvalue weighted by Crippen LogP contribution is -2.65. The van der Waals surface area contributed by atoms with Crippen LogP contribution in [-0.2, 0) is 23.7 Å². The van der Waals surface area contributed by atoms with Crippen molar-refractivity contribution in [3.8, 4) is 0 Å². The van der Waals surface area contributed by atoms with Crippen molar-refractivity contribution in [1.29, 1.82) is 0 Å². The third-order valence-electron chi connectivity index (χ3n) is 20.7. The highest BCUT2D eigenvalue weighted by molar-refractivity contribution is 5.76. The fraction of sp³-hybridized carbons (Fsp3) is 0.963. The van der Waals surface area contributed by atoms with Crippen LogP contribution in [0.2, 0.25) is 0 Å². The molecule has 2 heterocycles. The van der Waals surface area contributed by atoms with Gasteiger partial charge in [-0.15, -0.1) is 0 Å². The number of rotatable bonds is 71. The van der Waals surface area contributed by atoms with Crippen LogP contribution in [0.5, 0.6) is 0 Å². The topological polar surface area (TPSA) is 228 Å². The van der Waals surface area contributed by atoms with Crippen LogP contribution in [0.4, 0.5) is 0 Å². The van der Waals surface area contributed by atoms with E-state index in [1.54, 1.807) is 6.08 Å². The van der Waals surface area contributed by atoms with Gasteiger partial charge >= 0.3 is 0 Å². The highest BCUT2D eigenvalue weighted by Crippen LogP contribution is 2.30. The molecule has 2 aliphatic heterocycles. The first-order chi connectivity index (χ1) is 46.6. The van der Waals surface area contributed by atoms with Crippen LogP contribution >= 0.6 is 0 Å². The van der Waals surface area contributed by atoms with E-state index in [1.165, 1.54) is 340 Å². The number of hydrogen-bond acceptors (Lipinski definition) is 13. The van der Waals surface area contributed by atoms with Gasteiger partial charge in [-0.25, -0.2) is 0 Å². The van der Waals surface area contributed by atoms with Gasteiger partial charge < -0.3 is 65.1 Å². The highest BCUT2D eigenvalue weighted by Gasteiger charge is 2.51. The molecule has 0 radical (unpaired) electrons. The molecule has 0 aromatic rings. The van der Waals surface area contributed by atoms with Gasteiger partial charge in [-0.05, 0) is 19.3 Å². The van der Waals surface area contributed by atoms with Gasteiger partial charge in [0.05, 0.1) is 32.0 Å². The molecule has 0 spiro atoms. The number of carbonyl (C=O) groups is 1. The lowest BCUT2D eigenvalue weighted by atomic mass is 9.97. The van der Waals surface area contributed by atoms with Crippen molar-refractivity contribution in [2.45, 2.75) is 479 Å². The van der Waals surface area contributed by atoms with Crippen LogP contribution in [0.1, 0.15) is 406 Å². The Morgan fingerprint density at radius 3 is 0.968 bits per heavy atom. The molecular formula is C81H157NO13. The first-order valence-corrected chi connectivity index (χ1v) is 41.4. The van der Waals surface area contributed by atoms with E-state index in [2.05, 4.69) is 19.2 Å². The number of ether oxygens (including phenoxy) is 4. The van der Waals surface area contributed by atoms with Crippen molar-refractivity contribution in [1.82, 2.24) is 5.32 Å². The Labute approximate surface area is 584 Å². The van der Waals surface area contributed by atoms with Gasteiger partial charge in [0.2, 0.25) is 5.91 Å². The van der Waals surface area contributed by atoms with Gasteiger partial charge in [-0.2, -0.15) is 0 Å². The van der Waals surface area contributed by atoms with Crippen molar-refractivity contribution in [3.05, 3.63) is 12.2 Å². The quantitative estimate of drug-likeness (QED) is 0.0204. The zero-order valence-electron chi connectivity index (χ0n) is 62.0. The Balaban J connectivity index is 1.59. The molecule has 1 amide bonds. The molecule has 12 atom stereocenters. The minimum atomic E-state index is -1.79. The average molecular weight is 1350 g/mol. The fourth-order valence-electron chi connectivity index (χ4n) is 14.2. The van der Waals surface area contributed by atoms with Gasteiger partial charge in [0, 0.05) is 6.42 Å². The first kappa shape index (κ1) is 89.8. The Hall–Kier alpha value is -1.27. The molecule has 95 heavy (non-hydrogen) atoms. The maximum Gasteiger partial charge on any atom is 0.220 e. The van der Waals surface area contributed by atoms with E-state index in [4.69, 9.17) is 18.9 Å². The van der Waals surface area contributed by atoms with Crippen molar-refractivity contribution < 1.29 is 64.6 Å². The SMILES string of the molecule is CCCCCCCCCCCCCCCCCCCCCCCCCC/C=C/C(O)C(COC1OC(CO)C(OC2OC(CO)C(O)C(O)C2O)C(O)C1O)NC(=O)CCCCCCCCCCCCCCCCCCCCCCCCCCCCCCCCCCCCC. The molecule has 0 aromatic heterocycles. The van der Waals surface area contributed by atoms with E-state index in [0.29, 0.717) is 0 Å². The molecule has 14 nitrogen and oxygen atoms in total. The number of hydrogen-bond donors (Lipinski definition) is 9. The van der Waals surface area contributed by atoms with E-state index in [1.807, 2.05) is 6.08 Å². The van der Waals surface area contributed by atoms with Crippen LogP contribution in [-0.4, -0.2) is 140 Å². The highest BCUT2D eigenvalue weighted by atomic mass is 16.7. The van der Waals surface area contributed by atoms with E-state index >= 15 is 0 Å². The van der Waals surface area contributed by atoms with Crippen molar-refractivity contribution in [3.63, 3.8) is 0 Å². The molecule has 564 valence electrons. The van der Waals surface area contributed by atoms with Gasteiger partial charge in [0.15, 0.2) is 12.6 Å². The summed E-state index contributed by atoms with van der Waals surface area (Å²) in [4.78, 5) is 13.4. The summed E-state index contributed by atoms with van der Waals surface area (Å²) in [5.74, 6) is -0.228. The Kier molecular flexibility index (Phi) is 62.4. The Morgan fingerprint density at radius 1 is 0.368 bits per heavy atom. The monoisotopic (exact) mass is 1350 g/mol. The summed E-state index contributed by atoms with van der Waals surface area (Å²) < 4.78 is 22.9. The Bertz CT molecular complexity index is 1640. The minimum Gasteiger partial charge on any atom is -0.394 e. The van der Waals surface area contributed by atoms with Crippen LogP contribution < -0.4 is 5.32 Å². The number of carbonyl (C=O) groups excluding carboxylic acids is 1. The second-order valence-corrected chi connectivity index (χ2v) is 29.6. The zero-order valence-corrected chi connectivity index (χ0v) is 62.0. The molecule has 2 saturated heterocycles. The number of unbranched alkanes of at least 4 members (excludes halogenated alkanes) is 58. The van der Waals surface area contributed by atoms with Crippen molar-refractivity contribution >= 4 is 5.91 Å². The maximum atomic E-state index is 13.4. The van der Waals surface area contributed by atoms with Crippen LogP contribution in [0.25, 0.3) is 0 Å². The largest absolute Gasteiger partial charge is 0.394 e. The molecule has 2 rings (SSSR count). The average Bonchev–Trinajstić information content (AvgIpc) is 0.801. The van der Waals surface area contributed by atoms with Gasteiger partial charge in [0.25, 0.3) is 0 Å². The maximum absolute atomic E-state index is 13.4. The van der Waals surface area contributed by atoms with Gasteiger partial charge in [-0.1, -0.05) is 392 Å². The van der Waals surface area contributed by atoms with Crippen molar-refractivity contribution in [2.75, 3.05) is 19.8 Å². The number of aliphatic hydroxyl groups excluding tert-OH is 8. The van der Waals surface area contributed by atoms with E-state index in [-0.39, 0.29) is 18.9 Å². The number of allylic oxidation sites excluding steroid dienone is 1. The van der Waals surface area contributed by atoms with Crippen LogP contribution in [0.3, 0.4) is 0 Å². The molecule has 0 aromatic carbocycles. The second kappa shape index (κ2) is 66.0. The van der Waals surface area contributed by atoms with Crippen LogP contribution in [0, 0.1) is 0 Å². The lowest BCUT2D eigenvalue weighted by molar-refractivity contribution is -0.359.